The summed E-state index contributed by atoms with van der Waals surface area (Å²) in [5.41, 5.74) is 0.352. The average molecular weight is 471 g/mol. The molecule has 33 heavy (non-hydrogen) atoms. The maximum absolute atomic E-state index is 13.2. The summed E-state index contributed by atoms with van der Waals surface area (Å²) in [4.78, 5) is 11.2. The Kier molecular flexibility index (Phi) is 7.95. The number of benzene rings is 3. The third kappa shape index (κ3) is 6.49. The lowest BCUT2D eigenvalue weighted by atomic mass is 10.1. The zero-order chi connectivity index (χ0) is 23.8. The monoisotopic (exact) mass is 470 g/mol. The third-order valence-electron chi connectivity index (χ3n) is 4.58. The number of sulfone groups is 1. The topological polar surface area (TPSA) is 99.1 Å². The highest BCUT2D eigenvalue weighted by Gasteiger charge is 2.20. The van der Waals surface area contributed by atoms with Crippen LogP contribution in [-0.4, -0.2) is 32.7 Å². The fraction of sp³-hybridized carbons (Fsp3) is 0.240. The lowest BCUT2D eigenvalue weighted by molar-refractivity contribution is -0.136. The molecule has 3 rings (SSSR count). The normalized spacial score (nSPS) is 11.1. The minimum Gasteiger partial charge on any atom is -0.494 e. The predicted molar refractivity (Wildman–Crippen MR) is 123 cm³/mol. The zero-order valence-electron chi connectivity index (χ0n) is 18.5. The molecule has 7 nitrogen and oxygen atoms in total. The Morgan fingerprint density at radius 3 is 1.97 bits per heavy atom. The van der Waals surface area contributed by atoms with Crippen molar-refractivity contribution in [2.24, 2.45) is 0 Å². The van der Waals surface area contributed by atoms with Crippen LogP contribution in [0, 0.1) is 0 Å². The Labute approximate surface area is 193 Å². The van der Waals surface area contributed by atoms with Gasteiger partial charge in [0.15, 0.2) is 0 Å². The molecule has 0 amide bonds. The van der Waals surface area contributed by atoms with Crippen molar-refractivity contribution < 1.29 is 32.5 Å². The van der Waals surface area contributed by atoms with Crippen molar-refractivity contribution in [1.29, 1.82) is 0 Å². The van der Waals surface area contributed by atoms with Gasteiger partial charge >= 0.3 is 5.97 Å². The van der Waals surface area contributed by atoms with E-state index in [1.807, 2.05) is 13.8 Å². The molecule has 0 aromatic heterocycles. The molecule has 0 bridgehead atoms. The number of hydrogen-bond acceptors (Lipinski definition) is 6. The van der Waals surface area contributed by atoms with Gasteiger partial charge in [-0.2, -0.15) is 0 Å². The van der Waals surface area contributed by atoms with Gasteiger partial charge in [-0.05, 0) is 85.6 Å². The Hall–Kier alpha value is -3.52. The van der Waals surface area contributed by atoms with Crippen molar-refractivity contribution in [3.05, 3.63) is 72.3 Å². The van der Waals surface area contributed by atoms with E-state index in [0.29, 0.717) is 36.0 Å². The molecule has 174 valence electrons. The molecule has 0 aliphatic heterocycles. The van der Waals surface area contributed by atoms with Crippen LogP contribution in [0.25, 0.3) is 0 Å². The van der Waals surface area contributed by atoms with E-state index in [0.717, 1.165) is 12.2 Å². The molecule has 3 aromatic carbocycles. The summed E-state index contributed by atoms with van der Waals surface area (Å²) in [5, 5.41) is 9.13. The van der Waals surface area contributed by atoms with Crippen LogP contribution in [0.3, 0.4) is 0 Å². The van der Waals surface area contributed by atoms with Crippen LogP contribution >= 0.6 is 0 Å². The fourth-order valence-corrected chi connectivity index (χ4v) is 4.44. The lowest BCUT2D eigenvalue weighted by Gasteiger charge is -2.12. The van der Waals surface area contributed by atoms with Crippen LogP contribution < -0.4 is 14.2 Å². The van der Waals surface area contributed by atoms with E-state index in [9.17, 15) is 13.2 Å². The first-order chi connectivity index (χ1) is 15.8. The number of rotatable bonds is 11. The van der Waals surface area contributed by atoms with Gasteiger partial charge in [-0.25, -0.2) is 8.42 Å². The lowest BCUT2D eigenvalue weighted by Crippen LogP contribution is -2.07. The van der Waals surface area contributed by atoms with E-state index in [2.05, 4.69) is 0 Å². The smallest absolute Gasteiger partial charge is 0.307 e. The van der Waals surface area contributed by atoms with Crippen molar-refractivity contribution in [3.63, 3.8) is 0 Å². The van der Waals surface area contributed by atoms with Gasteiger partial charge in [0.25, 0.3) is 0 Å². The SMILES string of the molecule is CCCOc1cc(CC(=O)O)cc(S(=O)(=O)c2ccc(Oc3ccc(OCC)cc3)cc2)c1. The van der Waals surface area contributed by atoms with Gasteiger partial charge in [-0.15, -0.1) is 0 Å². The maximum Gasteiger partial charge on any atom is 0.307 e. The van der Waals surface area contributed by atoms with Gasteiger partial charge in [0.05, 0.1) is 29.4 Å². The summed E-state index contributed by atoms with van der Waals surface area (Å²) in [6.07, 6.45) is 0.432. The van der Waals surface area contributed by atoms with Crippen molar-refractivity contribution in [1.82, 2.24) is 0 Å². The van der Waals surface area contributed by atoms with Gasteiger partial charge in [0.2, 0.25) is 9.84 Å². The number of hydrogen-bond donors (Lipinski definition) is 1. The molecule has 0 heterocycles. The maximum atomic E-state index is 13.2. The summed E-state index contributed by atoms with van der Waals surface area (Å²) in [6, 6.07) is 17.5. The van der Waals surface area contributed by atoms with Crippen molar-refractivity contribution in [2.45, 2.75) is 36.5 Å². The molecular formula is C25H26O7S. The molecule has 0 atom stereocenters. The Bertz CT molecular complexity index is 1180. The standard InChI is InChI=1S/C25H26O7S/c1-3-13-31-22-14-18(16-25(26)27)15-24(17-22)33(28,29)23-11-9-21(10-12-23)32-20-7-5-19(6-8-20)30-4-2/h5-12,14-15,17H,3-4,13,16H2,1-2H3,(H,26,27). The van der Waals surface area contributed by atoms with Crippen LogP contribution in [0.15, 0.2) is 76.5 Å². The summed E-state index contributed by atoms with van der Waals surface area (Å²) >= 11 is 0. The molecule has 0 aliphatic rings. The van der Waals surface area contributed by atoms with Crippen LogP contribution in [0.2, 0.25) is 0 Å². The molecule has 0 saturated heterocycles. The summed E-state index contributed by atoms with van der Waals surface area (Å²) in [6.45, 7) is 4.80. The summed E-state index contributed by atoms with van der Waals surface area (Å²) in [5.74, 6) is 1.07. The van der Waals surface area contributed by atoms with Gasteiger partial charge in [0, 0.05) is 0 Å². The van der Waals surface area contributed by atoms with E-state index in [-0.39, 0.29) is 16.2 Å². The van der Waals surface area contributed by atoms with Gasteiger partial charge in [-0.1, -0.05) is 6.92 Å². The molecule has 0 radical (unpaired) electrons. The predicted octanol–water partition coefficient (Wildman–Crippen LogP) is 5.13. The summed E-state index contributed by atoms with van der Waals surface area (Å²) in [7, 11) is -3.89. The van der Waals surface area contributed by atoms with Crippen molar-refractivity contribution in [2.75, 3.05) is 13.2 Å². The van der Waals surface area contributed by atoms with E-state index < -0.39 is 15.8 Å². The second-order valence-electron chi connectivity index (χ2n) is 7.21. The Balaban J connectivity index is 1.83. The van der Waals surface area contributed by atoms with Gasteiger partial charge in [-0.3, -0.25) is 4.79 Å². The van der Waals surface area contributed by atoms with Gasteiger partial charge < -0.3 is 19.3 Å². The van der Waals surface area contributed by atoms with Crippen LogP contribution in [-0.2, 0) is 21.1 Å². The van der Waals surface area contributed by atoms with E-state index >= 15 is 0 Å². The second-order valence-corrected chi connectivity index (χ2v) is 9.16. The van der Waals surface area contributed by atoms with Crippen molar-refractivity contribution >= 4 is 15.8 Å². The minimum atomic E-state index is -3.89. The van der Waals surface area contributed by atoms with E-state index in [1.165, 1.54) is 24.3 Å². The third-order valence-corrected chi connectivity index (χ3v) is 6.33. The van der Waals surface area contributed by atoms with Crippen LogP contribution in [0.5, 0.6) is 23.0 Å². The first-order valence-electron chi connectivity index (χ1n) is 10.6. The van der Waals surface area contributed by atoms with Crippen LogP contribution in [0.4, 0.5) is 0 Å². The molecule has 0 unspecified atom stereocenters. The molecule has 0 fully saturated rings. The highest BCUT2D eigenvalue weighted by atomic mass is 32.2. The molecule has 1 N–H and O–H groups in total. The molecular weight excluding hydrogens is 444 g/mol. The molecule has 8 heteroatoms. The van der Waals surface area contributed by atoms with Gasteiger partial charge in [0.1, 0.15) is 23.0 Å². The largest absolute Gasteiger partial charge is 0.494 e. The van der Waals surface area contributed by atoms with Crippen molar-refractivity contribution in [3.8, 4) is 23.0 Å². The van der Waals surface area contributed by atoms with E-state index in [4.69, 9.17) is 19.3 Å². The first-order valence-corrected chi connectivity index (χ1v) is 12.0. The molecule has 0 saturated carbocycles. The Morgan fingerprint density at radius 1 is 0.788 bits per heavy atom. The highest BCUT2D eigenvalue weighted by Crippen LogP contribution is 2.29. The van der Waals surface area contributed by atoms with Crippen LogP contribution in [0.1, 0.15) is 25.8 Å². The minimum absolute atomic E-state index is 0.0208. The number of carbonyl (C=O) groups is 1. The summed E-state index contributed by atoms with van der Waals surface area (Å²) < 4.78 is 43.2. The van der Waals surface area contributed by atoms with E-state index in [1.54, 1.807) is 42.5 Å². The Morgan fingerprint density at radius 2 is 1.39 bits per heavy atom. The second kappa shape index (κ2) is 10.9. The molecule has 0 spiro atoms. The fourth-order valence-electron chi connectivity index (χ4n) is 3.10. The zero-order valence-corrected chi connectivity index (χ0v) is 19.3. The number of carboxylic acid groups (broad SMARTS) is 1. The molecule has 0 aliphatic carbocycles. The average Bonchev–Trinajstić information content (AvgIpc) is 2.79. The highest BCUT2D eigenvalue weighted by molar-refractivity contribution is 7.91. The first kappa shape index (κ1) is 24.1. The quantitative estimate of drug-likeness (QED) is 0.415. The molecule has 3 aromatic rings. The number of aliphatic carboxylic acids is 1. The number of carboxylic acids is 1. The number of ether oxygens (including phenoxy) is 3.